The lowest BCUT2D eigenvalue weighted by Gasteiger charge is -2.43. The van der Waals surface area contributed by atoms with Gasteiger partial charge in [-0.05, 0) is 48.1 Å². The molecule has 0 aliphatic heterocycles. The molecule has 3 atom stereocenters. The third-order valence-corrected chi connectivity index (χ3v) is 5.90. The summed E-state index contributed by atoms with van der Waals surface area (Å²) in [5.74, 6) is 1.48. The van der Waals surface area contributed by atoms with Gasteiger partial charge in [-0.2, -0.15) is 0 Å². The van der Waals surface area contributed by atoms with Crippen LogP contribution < -0.4 is 5.32 Å². The second-order valence-corrected chi connectivity index (χ2v) is 7.62. The zero-order valence-electron chi connectivity index (χ0n) is 12.9. The van der Waals surface area contributed by atoms with E-state index in [1.807, 2.05) is 24.3 Å². The second kappa shape index (κ2) is 4.15. The maximum absolute atomic E-state index is 4.63. The van der Waals surface area contributed by atoms with Crippen LogP contribution in [-0.2, 0) is 0 Å². The summed E-state index contributed by atoms with van der Waals surface area (Å²) in [6.07, 6.45) is 3.98. The highest BCUT2D eigenvalue weighted by Crippen LogP contribution is 2.62. The van der Waals surface area contributed by atoms with E-state index in [-0.39, 0.29) is 0 Å². The van der Waals surface area contributed by atoms with Gasteiger partial charge in [-0.15, -0.1) is 10.2 Å². The number of nitrogens with zero attached hydrogens (tertiary/aromatic N) is 3. The van der Waals surface area contributed by atoms with E-state index < -0.39 is 0 Å². The minimum Gasteiger partial charge on any atom is -0.349 e. The maximum atomic E-state index is 4.63. The Balaban J connectivity index is 1.68. The molecule has 2 fully saturated rings. The molecule has 0 radical (unpaired) electrons. The summed E-state index contributed by atoms with van der Waals surface area (Å²) in [6.45, 7) is 7.18. The number of hydrogen-bond donors (Lipinski definition) is 1. The summed E-state index contributed by atoms with van der Waals surface area (Å²) < 4.78 is 0. The van der Waals surface area contributed by atoms with Gasteiger partial charge in [0.25, 0.3) is 0 Å². The van der Waals surface area contributed by atoms with Crippen molar-refractivity contribution in [2.75, 3.05) is 5.32 Å². The summed E-state index contributed by atoms with van der Waals surface area (Å²) in [7, 11) is 0. The fourth-order valence-electron chi connectivity index (χ4n) is 4.73. The van der Waals surface area contributed by atoms with Crippen LogP contribution in [0.15, 0.2) is 24.3 Å². The van der Waals surface area contributed by atoms with E-state index in [9.17, 15) is 0 Å². The first-order valence-electron chi connectivity index (χ1n) is 7.85. The van der Waals surface area contributed by atoms with Gasteiger partial charge in [0.15, 0.2) is 0 Å². The zero-order chi connectivity index (χ0) is 14.7. The molecule has 1 N–H and O–H groups in total. The Labute approximate surface area is 125 Å². The van der Waals surface area contributed by atoms with Crippen LogP contribution in [0.1, 0.15) is 40.0 Å². The van der Waals surface area contributed by atoms with Crippen molar-refractivity contribution in [2.24, 2.45) is 16.7 Å². The lowest BCUT2D eigenvalue weighted by Crippen LogP contribution is -2.46. The average Bonchev–Trinajstić information content (AvgIpc) is 2.95. The van der Waals surface area contributed by atoms with Crippen molar-refractivity contribution >= 4 is 17.0 Å². The topological polar surface area (TPSA) is 50.7 Å². The van der Waals surface area contributed by atoms with Gasteiger partial charge in [0, 0.05) is 6.04 Å². The minimum atomic E-state index is 0.294. The molecule has 2 aromatic rings. The number of rotatable bonds is 2. The number of benzene rings is 1. The lowest BCUT2D eigenvalue weighted by molar-refractivity contribution is 0.155. The molecule has 2 aliphatic rings. The molecule has 1 aromatic heterocycles. The fourth-order valence-corrected chi connectivity index (χ4v) is 4.73. The molecule has 1 heterocycles. The summed E-state index contributed by atoms with van der Waals surface area (Å²) in [6, 6.07) is 8.31. The monoisotopic (exact) mass is 282 g/mol. The molecule has 2 bridgehead atoms. The molecule has 0 amide bonds. The molecule has 2 aliphatic carbocycles. The molecule has 4 heteroatoms. The molecule has 4 rings (SSSR count). The van der Waals surface area contributed by atoms with E-state index in [0.717, 1.165) is 17.0 Å². The van der Waals surface area contributed by atoms with E-state index in [1.165, 1.54) is 19.3 Å². The van der Waals surface area contributed by atoms with E-state index in [0.29, 0.717) is 22.8 Å². The van der Waals surface area contributed by atoms with Gasteiger partial charge in [0.05, 0.1) is 5.52 Å². The molecule has 21 heavy (non-hydrogen) atoms. The van der Waals surface area contributed by atoms with Crippen molar-refractivity contribution in [1.82, 2.24) is 15.2 Å². The second-order valence-electron chi connectivity index (χ2n) is 7.62. The Kier molecular flexibility index (Phi) is 2.57. The van der Waals surface area contributed by atoms with Crippen LogP contribution in [0.25, 0.3) is 11.0 Å². The Morgan fingerprint density at radius 1 is 1.10 bits per heavy atom. The van der Waals surface area contributed by atoms with E-state index in [4.69, 9.17) is 0 Å². The number of anilines is 1. The summed E-state index contributed by atoms with van der Waals surface area (Å²) >= 11 is 0. The number of aromatic nitrogens is 3. The molecule has 3 unspecified atom stereocenters. The van der Waals surface area contributed by atoms with E-state index in [2.05, 4.69) is 41.3 Å². The van der Waals surface area contributed by atoms with Crippen LogP contribution in [0.3, 0.4) is 0 Å². The quantitative estimate of drug-likeness (QED) is 0.913. The van der Waals surface area contributed by atoms with Crippen LogP contribution in [0.5, 0.6) is 0 Å². The van der Waals surface area contributed by atoms with Crippen LogP contribution in [0.4, 0.5) is 5.95 Å². The number of fused-ring (bicyclic) bond motifs is 3. The van der Waals surface area contributed by atoms with Crippen molar-refractivity contribution in [3.8, 4) is 0 Å². The predicted molar refractivity (Wildman–Crippen MR) is 84.0 cm³/mol. The zero-order valence-corrected chi connectivity index (χ0v) is 12.9. The van der Waals surface area contributed by atoms with Crippen molar-refractivity contribution < 1.29 is 0 Å². The van der Waals surface area contributed by atoms with Gasteiger partial charge in [0.1, 0.15) is 5.52 Å². The van der Waals surface area contributed by atoms with Crippen LogP contribution in [0, 0.1) is 16.7 Å². The van der Waals surface area contributed by atoms with Crippen molar-refractivity contribution in [2.45, 2.75) is 46.1 Å². The SMILES string of the molecule is CC12CCC(C1)C(C)(C)C2Nc1nnc2ccccc2n1. The van der Waals surface area contributed by atoms with Crippen LogP contribution >= 0.6 is 0 Å². The largest absolute Gasteiger partial charge is 0.349 e. The lowest BCUT2D eigenvalue weighted by atomic mass is 9.68. The van der Waals surface area contributed by atoms with Crippen LogP contribution in [-0.4, -0.2) is 21.2 Å². The van der Waals surface area contributed by atoms with Gasteiger partial charge in [-0.1, -0.05) is 32.9 Å². The van der Waals surface area contributed by atoms with Crippen molar-refractivity contribution in [3.63, 3.8) is 0 Å². The molecule has 110 valence electrons. The molecule has 2 saturated carbocycles. The number of nitrogens with one attached hydrogen (secondary N) is 1. The Morgan fingerprint density at radius 2 is 1.86 bits per heavy atom. The maximum Gasteiger partial charge on any atom is 0.243 e. The van der Waals surface area contributed by atoms with Crippen molar-refractivity contribution in [3.05, 3.63) is 24.3 Å². The van der Waals surface area contributed by atoms with Crippen molar-refractivity contribution in [1.29, 1.82) is 0 Å². The predicted octanol–water partition coefficient (Wildman–Crippen LogP) is 3.65. The number of para-hydroxylation sites is 1. The Morgan fingerprint density at radius 3 is 2.57 bits per heavy atom. The fraction of sp³-hybridized carbons (Fsp3) is 0.588. The molecular weight excluding hydrogens is 260 g/mol. The highest BCUT2D eigenvalue weighted by atomic mass is 15.3. The van der Waals surface area contributed by atoms with Crippen LogP contribution in [0.2, 0.25) is 0 Å². The minimum absolute atomic E-state index is 0.294. The van der Waals surface area contributed by atoms with E-state index >= 15 is 0 Å². The molecule has 1 aromatic carbocycles. The highest BCUT2D eigenvalue weighted by Gasteiger charge is 2.59. The van der Waals surface area contributed by atoms with E-state index in [1.54, 1.807) is 0 Å². The van der Waals surface area contributed by atoms with Gasteiger partial charge < -0.3 is 5.32 Å². The first kappa shape index (κ1) is 13.0. The van der Waals surface area contributed by atoms with Gasteiger partial charge in [0.2, 0.25) is 5.95 Å². The Hall–Kier alpha value is -1.71. The molecule has 0 saturated heterocycles. The standard InChI is InChI=1S/C17H22N4/c1-16(2)11-8-9-17(3,10-11)14(16)19-15-18-12-6-4-5-7-13(12)20-21-15/h4-7,11,14H,8-10H2,1-3H3,(H,18,19,21). The first-order chi connectivity index (χ1) is 9.99. The molecule has 4 nitrogen and oxygen atoms in total. The normalized spacial score (nSPS) is 33.5. The summed E-state index contributed by atoms with van der Waals surface area (Å²) in [5.41, 5.74) is 2.41. The molecule has 0 spiro atoms. The first-order valence-corrected chi connectivity index (χ1v) is 7.85. The summed E-state index contributed by atoms with van der Waals surface area (Å²) in [4.78, 5) is 4.63. The van der Waals surface area contributed by atoms with Gasteiger partial charge in [-0.3, -0.25) is 0 Å². The van der Waals surface area contributed by atoms with Gasteiger partial charge >= 0.3 is 0 Å². The molecular formula is C17H22N4. The Bertz CT molecular complexity index is 691. The third-order valence-electron chi connectivity index (χ3n) is 5.90. The summed E-state index contributed by atoms with van der Waals surface area (Å²) in [5, 5.41) is 12.2. The third kappa shape index (κ3) is 1.84. The number of hydrogen-bond acceptors (Lipinski definition) is 4. The average molecular weight is 282 g/mol. The van der Waals surface area contributed by atoms with Gasteiger partial charge in [-0.25, -0.2) is 4.98 Å². The highest BCUT2D eigenvalue weighted by molar-refractivity contribution is 5.74. The smallest absolute Gasteiger partial charge is 0.243 e.